The Morgan fingerprint density at radius 1 is 0.442 bits per heavy atom. The van der Waals surface area contributed by atoms with Crippen LogP contribution in [0.25, 0.3) is 0 Å². The number of hydrogen-bond donors (Lipinski definition) is 0. The molecule has 0 aromatic carbocycles. The van der Waals surface area contributed by atoms with Gasteiger partial charge in [-0.05, 0) is 57.8 Å². The third-order valence-corrected chi connectivity index (χ3v) is 9.70. The SMILES string of the molecule is CCCCCCCCCCCCCCC(C)(CC)OCCCCOCCCCOCCCCCCCCCCC(C)CC. The van der Waals surface area contributed by atoms with Gasteiger partial charge in [-0.15, -0.1) is 0 Å². The predicted octanol–water partition coefficient (Wildman–Crippen LogP) is 13.4. The second-order valence-electron chi connectivity index (χ2n) is 14.1. The molecule has 3 heteroatoms. The lowest BCUT2D eigenvalue weighted by Crippen LogP contribution is -2.28. The Balaban J connectivity index is 3.35. The van der Waals surface area contributed by atoms with Gasteiger partial charge in [-0.3, -0.25) is 0 Å². The van der Waals surface area contributed by atoms with Crippen LogP contribution in [-0.4, -0.2) is 38.6 Å². The number of hydrogen-bond acceptors (Lipinski definition) is 3. The molecule has 0 aliphatic heterocycles. The predicted molar refractivity (Wildman–Crippen MR) is 191 cm³/mol. The highest BCUT2D eigenvalue weighted by molar-refractivity contribution is 4.73. The molecule has 0 rings (SSSR count). The zero-order valence-electron chi connectivity index (χ0n) is 30.6. The molecule has 3 nitrogen and oxygen atoms in total. The van der Waals surface area contributed by atoms with E-state index in [9.17, 15) is 0 Å². The summed E-state index contributed by atoms with van der Waals surface area (Å²) < 4.78 is 18.0. The second-order valence-corrected chi connectivity index (χ2v) is 14.1. The highest BCUT2D eigenvalue weighted by atomic mass is 16.5. The molecule has 0 aromatic heterocycles. The van der Waals surface area contributed by atoms with Crippen LogP contribution in [0.3, 0.4) is 0 Å². The van der Waals surface area contributed by atoms with Gasteiger partial charge < -0.3 is 14.2 Å². The van der Waals surface area contributed by atoms with Crippen LogP contribution in [0.5, 0.6) is 0 Å². The molecule has 0 saturated heterocycles. The van der Waals surface area contributed by atoms with E-state index in [0.717, 1.165) is 71.1 Å². The minimum Gasteiger partial charge on any atom is -0.381 e. The first kappa shape index (κ1) is 42.9. The molecule has 0 aliphatic rings. The maximum Gasteiger partial charge on any atom is 0.0651 e. The fraction of sp³-hybridized carbons (Fsp3) is 1.00. The second kappa shape index (κ2) is 34.7. The topological polar surface area (TPSA) is 27.7 Å². The molecule has 43 heavy (non-hydrogen) atoms. The summed E-state index contributed by atoms with van der Waals surface area (Å²) in [5.41, 5.74) is 0.0614. The standard InChI is InChI=1S/C40H82O3/c1-6-9-10-11-12-13-14-15-17-20-23-26-33-40(5,8-3)43-38-31-30-37-42-36-29-28-35-41-34-27-24-21-18-16-19-22-25-32-39(4)7-2/h39H,6-38H2,1-5H3. The van der Waals surface area contributed by atoms with Gasteiger partial charge in [0.2, 0.25) is 0 Å². The monoisotopic (exact) mass is 611 g/mol. The van der Waals surface area contributed by atoms with Crippen molar-refractivity contribution in [3.63, 3.8) is 0 Å². The van der Waals surface area contributed by atoms with Crippen molar-refractivity contribution in [3.05, 3.63) is 0 Å². The van der Waals surface area contributed by atoms with Gasteiger partial charge in [0, 0.05) is 33.0 Å². The Hall–Kier alpha value is -0.120. The fourth-order valence-electron chi connectivity index (χ4n) is 5.89. The molecule has 0 aliphatic carbocycles. The van der Waals surface area contributed by atoms with E-state index < -0.39 is 0 Å². The first-order valence-electron chi connectivity index (χ1n) is 19.9. The number of unbranched alkanes of at least 4 members (excludes halogenated alkanes) is 20. The molecular formula is C40H82O3. The van der Waals surface area contributed by atoms with Crippen molar-refractivity contribution in [2.45, 2.75) is 220 Å². The van der Waals surface area contributed by atoms with E-state index in [1.54, 1.807) is 0 Å². The van der Waals surface area contributed by atoms with Gasteiger partial charge in [-0.1, -0.05) is 163 Å². The molecule has 0 heterocycles. The van der Waals surface area contributed by atoms with Crippen molar-refractivity contribution in [1.29, 1.82) is 0 Å². The van der Waals surface area contributed by atoms with E-state index in [0.29, 0.717) is 0 Å². The van der Waals surface area contributed by atoms with Gasteiger partial charge in [-0.25, -0.2) is 0 Å². The molecule has 2 unspecified atom stereocenters. The van der Waals surface area contributed by atoms with E-state index in [1.807, 2.05) is 0 Å². The van der Waals surface area contributed by atoms with Crippen molar-refractivity contribution in [2.24, 2.45) is 5.92 Å². The summed E-state index contributed by atoms with van der Waals surface area (Å²) in [6, 6.07) is 0. The van der Waals surface area contributed by atoms with Crippen LogP contribution in [0.4, 0.5) is 0 Å². The smallest absolute Gasteiger partial charge is 0.0651 e. The zero-order chi connectivity index (χ0) is 31.5. The third-order valence-electron chi connectivity index (χ3n) is 9.70. The quantitative estimate of drug-likeness (QED) is 0.0655. The maximum absolute atomic E-state index is 6.35. The van der Waals surface area contributed by atoms with E-state index in [-0.39, 0.29) is 5.60 Å². The molecule has 0 radical (unpaired) electrons. The van der Waals surface area contributed by atoms with Crippen molar-refractivity contribution < 1.29 is 14.2 Å². The lowest BCUT2D eigenvalue weighted by Gasteiger charge is -2.29. The molecule has 0 N–H and O–H groups in total. The van der Waals surface area contributed by atoms with Crippen LogP contribution in [0.2, 0.25) is 0 Å². The largest absolute Gasteiger partial charge is 0.381 e. The molecule has 0 bridgehead atoms. The summed E-state index contributed by atoms with van der Waals surface area (Å²) in [6.45, 7) is 16.0. The van der Waals surface area contributed by atoms with Gasteiger partial charge in [0.15, 0.2) is 0 Å². The summed E-state index contributed by atoms with van der Waals surface area (Å²) >= 11 is 0. The first-order valence-corrected chi connectivity index (χ1v) is 19.9. The Bertz CT molecular complexity index is 510. The van der Waals surface area contributed by atoms with Gasteiger partial charge in [0.25, 0.3) is 0 Å². The molecule has 0 aromatic rings. The Kier molecular flexibility index (Phi) is 34.7. The van der Waals surface area contributed by atoms with E-state index in [2.05, 4.69) is 34.6 Å². The number of ether oxygens (including phenoxy) is 3. The molecule has 2 atom stereocenters. The van der Waals surface area contributed by atoms with Gasteiger partial charge >= 0.3 is 0 Å². The Labute approximate surface area is 272 Å². The van der Waals surface area contributed by atoms with Crippen LogP contribution in [0, 0.1) is 5.92 Å². The third kappa shape index (κ3) is 33.1. The van der Waals surface area contributed by atoms with Crippen LogP contribution in [0.15, 0.2) is 0 Å². The molecule has 0 amide bonds. The Morgan fingerprint density at radius 3 is 1.26 bits per heavy atom. The van der Waals surface area contributed by atoms with Crippen LogP contribution in [0.1, 0.15) is 214 Å². The van der Waals surface area contributed by atoms with Gasteiger partial charge in [-0.2, -0.15) is 0 Å². The minimum absolute atomic E-state index is 0.0614. The molecule has 0 saturated carbocycles. The van der Waals surface area contributed by atoms with Gasteiger partial charge in [0.1, 0.15) is 0 Å². The normalized spacial score (nSPS) is 13.9. The van der Waals surface area contributed by atoms with Crippen molar-refractivity contribution in [2.75, 3.05) is 33.0 Å². The van der Waals surface area contributed by atoms with Crippen molar-refractivity contribution >= 4 is 0 Å². The summed E-state index contributed by atoms with van der Waals surface area (Å²) in [5, 5.41) is 0. The summed E-state index contributed by atoms with van der Waals surface area (Å²) in [7, 11) is 0. The highest BCUT2D eigenvalue weighted by Crippen LogP contribution is 2.24. The Morgan fingerprint density at radius 2 is 0.814 bits per heavy atom. The van der Waals surface area contributed by atoms with Crippen LogP contribution in [-0.2, 0) is 14.2 Å². The first-order chi connectivity index (χ1) is 21.1. The number of rotatable bonds is 37. The van der Waals surface area contributed by atoms with E-state index >= 15 is 0 Å². The maximum atomic E-state index is 6.35. The molecular weight excluding hydrogens is 528 g/mol. The van der Waals surface area contributed by atoms with Crippen molar-refractivity contribution in [3.8, 4) is 0 Å². The highest BCUT2D eigenvalue weighted by Gasteiger charge is 2.21. The lowest BCUT2D eigenvalue weighted by atomic mass is 9.94. The molecule has 0 spiro atoms. The average molecular weight is 611 g/mol. The molecule has 260 valence electrons. The lowest BCUT2D eigenvalue weighted by molar-refractivity contribution is -0.0449. The summed E-state index contributed by atoms with van der Waals surface area (Å²) in [5.74, 6) is 0.921. The minimum atomic E-state index is 0.0614. The summed E-state index contributed by atoms with van der Waals surface area (Å²) in [4.78, 5) is 0. The zero-order valence-corrected chi connectivity index (χ0v) is 30.6. The van der Waals surface area contributed by atoms with Gasteiger partial charge in [0.05, 0.1) is 5.60 Å². The van der Waals surface area contributed by atoms with Crippen LogP contribution < -0.4 is 0 Å². The molecule has 0 fully saturated rings. The van der Waals surface area contributed by atoms with E-state index in [1.165, 1.54) is 148 Å². The summed E-state index contributed by atoms with van der Waals surface area (Å²) in [6.07, 6.45) is 37.5. The fourth-order valence-corrected chi connectivity index (χ4v) is 5.89. The van der Waals surface area contributed by atoms with E-state index in [4.69, 9.17) is 14.2 Å². The van der Waals surface area contributed by atoms with Crippen LogP contribution >= 0.6 is 0 Å². The average Bonchev–Trinajstić information content (AvgIpc) is 3.02. The van der Waals surface area contributed by atoms with Crippen molar-refractivity contribution in [1.82, 2.24) is 0 Å².